The third-order valence-corrected chi connectivity index (χ3v) is 1.55. The summed E-state index contributed by atoms with van der Waals surface area (Å²) in [6.45, 7) is 8.26. The first-order chi connectivity index (χ1) is 7.15. The molecule has 84 valence electrons. The Morgan fingerprint density at radius 2 is 2.13 bits per heavy atom. The second-order valence-electron chi connectivity index (χ2n) is 2.67. The molecule has 0 radical (unpaired) electrons. The molecule has 0 unspecified atom stereocenters. The number of rotatable bonds is 3. The fraction of sp³-hybridized carbons (Fsp3) is 0.500. The molecule has 0 atom stereocenters. The van der Waals surface area contributed by atoms with Crippen LogP contribution in [0, 0.1) is 17.0 Å². The number of anilines is 1. The van der Waals surface area contributed by atoms with Crippen LogP contribution in [0.3, 0.4) is 0 Å². The molecule has 15 heavy (non-hydrogen) atoms. The summed E-state index contributed by atoms with van der Waals surface area (Å²) in [5.74, 6) is 0.332. The summed E-state index contributed by atoms with van der Waals surface area (Å²) in [6, 6.07) is 1.50. The van der Waals surface area contributed by atoms with Crippen molar-refractivity contribution in [2.45, 2.75) is 27.7 Å². The standard InChI is InChI=1S/C8H11N3O2.C2H6/c1-3-9-8-7(11(12)13)4-6(2)5-10-8;1-2/h4-5H,3H2,1-2H3,(H,9,10);1-2H3. The lowest BCUT2D eigenvalue weighted by Gasteiger charge is -2.02. The number of pyridine rings is 1. The Morgan fingerprint density at radius 1 is 1.53 bits per heavy atom. The first-order valence-corrected chi connectivity index (χ1v) is 5.00. The van der Waals surface area contributed by atoms with Crippen molar-refractivity contribution >= 4 is 11.5 Å². The smallest absolute Gasteiger partial charge is 0.311 e. The Hall–Kier alpha value is -1.65. The average molecular weight is 211 g/mol. The molecular weight excluding hydrogens is 194 g/mol. The Morgan fingerprint density at radius 3 is 2.60 bits per heavy atom. The van der Waals surface area contributed by atoms with Crippen LogP contribution in [0.4, 0.5) is 11.5 Å². The Labute approximate surface area is 89.7 Å². The third kappa shape index (κ3) is 3.93. The highest BCUT2D eigenvalue weighted by atomic mass is 16.6. The first kappa shape index (κ1) is 13.4. The van der Waals surface area contributed by atoms with E-state index in [0.29, 0.717) is 12.4 Å². The highest BCUT2D eigenvalue weighted by molar-refractivity contribution is 5.56. The van der Waals surface area contributed by atoms with Gasteiger partial charge in [0.1, 0.15) is 0 Å². The number of aromatic nitrogens is 1. The molecule has 1 rings (SSSR count). The molecule has 1 N–H and O–H groups in total. The van der Waals surface area contributed by atoms with Gasteiger partial charge in [0.25, 0.3) is 0 Å². The predicted molar refractivity (Wildman–Crippen MR) is 61.1 cm³/mol. The molecule has 1 aromatic rings. The summed E-state index contributed by atoms with van der Waals surface area (Å²) in [4.78, 5) is 14.1. The molecule has 0 fully saturated rings. The number of hydrogen-bond donors (Lipinski definition) is 1. The van der Waals surface area contributed by atoms with Gasteiger partial charge in [-0.2, -0.15) is 0 Å². The second-order valence-corrected chi connectivity index (χ2v) is 2.67. The Kier molecular flexibility index (Phi) is 6.01. The van der Waals surface area contributed by atoms with Crippen LogP contribution in [0.1, 0.15) is 26.3 Å². The molecule has 5 nitrogen and oxygen atoms in total. The lowest BCUT2D eigenvalue weighted by molar-refractivity contribution is -0.384. The van der Waals surface area contributed by atoms with Gasteiger partial charge in [-0.05, 0) is 19.4 Å². The number of nitrogens with one attached hydrogen (secondary N) is 1. The van der Waals surface area contributed by atoms with Crippen molar-refractivity contribution < 1.29 is 4.92 Å². The van der Waals surface area contributed by atoms with Crippen molar-refractivity contribution in [1.29, 1.82) is 0 Å². The molecule has 5 heteroatoms. The van der Waals surface area contributed by atoms with Gasteiger partial charge in [0.15, 0.2) is 0 Å². The van der Waals surface area contributed by atoms with E-state index in [1.54, 1.807) is 13.1 Å². The van der Waals surface area contributed by atoms with Crippen LogP contribution in [-0.4, -0.2) is 16.5 Å². The molecule has 0 aliphatic rings. The van der Waals surface area contributed by atoms with E-state index in [-0.39, 0.29) is 5.69 Å². The second kappa shape index (κ2) is 6.75. The molecule has 0 saturated heterocycles. The number of nitro groups is 1. The Bertz CT molecular complexity index is 326. The van der Waals surface area contributed by atoms with Gasteiger partial charge in [-0.25, -0.2) is 4.98 Å². The van der Waals surface area contributed by atoms with E-state index in [1.807, 2.05) is 20.8 Å². The van der Waals surface area contributed by atoms with E-state index < -0.39 is 4.92 Å². The van der Waals surface area contributed by atoms with E-state index >= 15 is 0 Å². The van der Waals surface area contributed by atoms with Crippen LogP contribution >= 0.6 is 0 Å². The topological polar surface area (TPSA) is 68.1 Å². The van der Waals surface area contributed by atoms with Gasteiger partial charge < -0.3 is 5.32 Å². The predicted octanol–water partition coefficient (Wildman–Crippen LogP) is 2.76. The lowest BCUT2D eigenvalue weighted by Crippen LogP contribution is -2.03. The molecule has 0 aromatic carbocycles. The maximum atomic E-state index is 10.6. The number of aryl methyl sites for hydroxylation is 1. The van der Waals surface area contributed by atoms with Crippen molar-refractivity contribution in [2.75, 3.05) is 11.9 Å². The largest absolute Gasteiger partial charge is 0.365 e. The van der Waals surface area contributed by atoms with Gasteiger partial charge in [-0.3, -0.25) is 10.1 Å². The zero-order valence-corrected chi connectivity index (χ0v) is 9.57. The van der Waals surface area contributed by atoms with Crippen LogP contribution in [0.2, 0.25) is 0 Å². The van der Waals surface area contributed by atoms with Crippen molar-refractivity contribution in [1.82, 2.24) is 4.98 Å². The lowest BCUT2D eigenvalue weighted by atomic mass is 10.3. The SMILES string of the molecule is CC.CCNc1ncc(C)cc1[N+](=O)[O-]. The van der Waals surface area contributed by atoms with Gasteiger partial charge in [0, 0.05) is 18.8 Å². The summed E-state index contributed by atoms with van der Waals surface area (Å²) in [7, 11) is 0. The monoisotopic (exact) mass is 211 g/mol. The average Bonchev–Trinajstić information content (AvgIpc) is 2.24. The Balaban J connectivity index is 0.000000921. The first-order valence-electron chi connectivity index (χ1n) is 5.00. The zero-order valence-electron chi connectivity index (χ0n) is 9.57. The molecule has 0 aliphatic carbocycles. The maximum Gasteiger partial charge on any atom is 0.311 e. The van der Waals surface area contributed by atoms with Crippen LogP contribution < -0.4 is 5.32 Å². The molecule has 0 saturated carbocycles. The van der Waals surface area contributed by atoms with Crippen molar-refractivity contribution in [3.8, 4) is 0 Å². The van der Waals surface area contributed by atoms with Gasteiger partial charge >= 0.3 is 5.69 Å². The third-order valence-electron chi connectivity index (χ3n) is 1.55. The minimum atomic E-state index is -0.433. The van der Waals surface area contributed by atoms with E-state index in [4.69, 9.17) is 0 Å². The highest BCUT2D eigenvalue weighted by Crippen LogP contribution is 2.21. The van der Waals surface area contributed by atoms with Crippen molar-refractivity contribution in [3.05, 3.63) is 27.9 Å². The van der Waals surface area contributed by atoms with E-state index in [0.717, 1.165) is 5.56 Å². The molecular formula is C10H17N3O2. The molecule has 1 aromatic heterocycles. The van der Waals surface area contributed by atoms with Crippen molar-refractivity contribution in [2.24, 2.45) is 0 Å². The minimum absolute atomic E-state index is 0.0295. The van der Waals surface area contributed by atoms with Crippen LogP contribution in [0.5, 0.6) is 0 Å². The van der Waals surface area contributed by atoms with Gasteiger partial charge in [0.05, 0.1) is 4.92 Å². The van der Waals surface area contributed by atoms with E-state index in [2.05, 4.69) is 10.3 Å². The summed E-state index contributed by atoms with van der Waals surface area (Å²) >= 11 is 0. The summed E-state index contributed by atoms with van der Waals surface area (Å²) in [5, 5.41) is 13.4. The zero-order chi connectivity index (χ0) is 11.8. The van der Waals surface area contributed by atoms with Crippen LogP contribution in [0.25, 0.3) is 0 Å². The molecule has 0 spiro atoms. The number of nitrogens with zero attached hydrogens (tertiary/aromatic N) is 2. The van der Waals surface area contributed by atoms with Gasteiger partial charge in [-0.1, -0.05) is 13.8 Å². The van der Waals surface area contributed by atoms with E-state index in [1.165, 1.54) is 6.07 Å². The van der Waals surface area contributed by atoms with Gasteiger partial charge in [-0.15, -0.1) is 0 Å². The van der Waals surface area contributed by atoms with Crippen LogP contribution in [0.15, 0.2) is 12.3 Å². The van der Waals surface area contributed by atoms with Gasteiger partial charge in [0.2, 0.25) is 5.82 Å². The maximum absolute atomic E-state index is 10.6. The van der Waals surface area contributed by atoms with Crippen LogP contribution in [-0.2, 0) is 0 Å². The summed E-state index contributed by atoms with van der Waals surface area (Å²) in [5.41, 5.74) is 0.815. The quantitative estimate of drug-likeness (QED) is 0.616. The minimum Gasteiger partial charge on any atom is -0.365 e. The molecule has 0 amide bonds. The highest BCUT2D eigenvalue weighted by Gasteiger charge is 2.13. The molecule has 0 aliphatic heterocycles. The summed E-state index contributed by atoms with van der Waals surface area (Å²) in [6.07, 6.45) is 1.60. The summed E-state index contributed by atoms with van der Waals surface area (Å²) < 4.78 is 0. The fourth-order valence-corrected chi connectivity index (χ4v) is 0.997. The van der Waals surface area contributed by atoms with E-state index in [9.17, 15) is 10.1 Å². The fourth-order valence-electron chi connectivity index (χ4n) is 0.997. The van der Waals surface area contributed by atoms with Crippen molar-refractivity contribution in [3.63, 3.8) is 0 Å². The molecule has 1 heterocycles. The molecule has 0 bridgehead atoms. The normalized spacial score (nSPS) is 8.80. The number of hydrogen-bond acceptors (Lipinski definition) is 4.